The lowest BCUT2D eigenvalue weighted by atomic mass is 10.0. The van der Waals surface area contributed by atoms with E-state index in [1.165, 1.54) is 0 Å². The Labute approximate surface area is 142 Å². The van der Waals surface area contributed by atoms with Gasteiger partial charge in [0.05, 0.1) is 6.10 Å². The van der Waals surface area contributed by atoms with Crippen LogP contribution in [0.5, 0.6) is 0 Å². The Morgan fingerprint density at radius 3 is 2.50 bits per heavy atom. The second kappa shape index (κ2) is 9.18. The minimum atomic E-state index is -0.764. The van der Waals surface area contributed by atoms with Crippen molar-refractivity contribution in [2.45, 2.75) is 51.0 Å². The number of Topliss-reactive ketones (excluding diaryl/α,β-unsaturated/α-hetero) is 1. The third-order valence-electron chi connectivity index (χ3n) is 4.25. The fourth-order valence-corrected chi connectivity index (χ4v) is 2.95. The second-order valence-electron chi connectivity index (χ2n) is 6.13. The van der Waals surface area contributed by atoms with Crippen molar-refractivity contribution < 1.29 is 19.8 Å². The van der Waals surface area contributed by atoms with Gasteiger partial charge in [-0.05, 0) is 30.4 Å². The number of aliphatic hydroxyl groups excluding tert-OH is 1. The van der Waals surface area contributed by atoms with E-state index < -0.39 is 12.1 Å². The molecule has 0 radical (unpaired) electrons. The van der Waals surface area contributed by atoms with Crippen molar-refractivity contribution in [3.05, 3.63) is 53.1 Å². The highest BCUT2D eigenvalue weighted by Crippen LogP contribution is 2.29. The molecule has 1 aromatic carbocycles. The van der Waals surface area contributed by atoms with Gasteiger partial charge in [0.15, 0.2) is 5.78 Å². The molecule has 24 heavy (non-hydrogen) atoms. The average Bonchev–Trinajstić information content (AvgIpc) is 2.83. The van der Waals surface area contributed by atoms with E-state index in [1.54, 1.807) is 0 Å². The second-order valence-corrected chi connectivity index (χ2v) is 6.13. The summed E-state index contributed by atoms with van der Waals surface area (Å²) in [6, 6.07) is 9.79. The molecule has 4 nitrogen and oxygen atoms in total. The highest BCUT2D eigenvalue weighted by molar-refractivity contribution is 6.00. The van der Waals surface area contributed by atoms with Gasteiger partial charge in [0.1, 0.15) is 0 Å². The molecule has 0 bridgehead atoms. The van der Waals surface area contributed by atoms with Crippen LogP contribution in [0.25, 0.3) is 6.08 Å². The van der Waals surface area contributed by atoms with E-state index in [0.29, 0.717) is 12.8 Å². The van der Waals surface area contributed by atoms with Crippen LogP contribution in [-0.2, 0) is 9.59 Å². The molecular weight excluding hydrogens is 304 g/mol. The van der Waals surface area contributed by atoms with E-state index in [9.17, 15) is 14.7 Å². The summed E-state index contributed by atoms with van der Waals surface area (Å²) in [6.45, 7) is 0. The molecule has 0 unspecified atom stereocenters. The summed E-state index contributed by atoms with van der Waals surface area (Å²) in [5, 5.41) is 18.7. The van der Waals surface area contributed by atoms with E-state index >= 15 is 0 Å². The normalized spacial score (nSPS) is 17.9. The van der Waals surface area contributed by atoms with Crippen LogP contribution in [0.1, 0.15) is 50.5 Å². The number of carboxylic acids is 1. The Morgan fingerprint density at radius 1 is 1.08 bits per heavy atom. The van der Waals surface area contributed by atoms with Crippen LogP contribution < -0.4 is 0 Å². The summed E-state index contributed by atoms with van der Waals surface area (Å²) in [4.78, 5) is 22.6. The van der Waals surface area contributed by atoms with Gasteiger partial charge in [-0.25, -0.2) is 0 Å². The minimum Gasteiger partial charge on any atom is -0.481 e. The van der Waals surface area contributed by atoms with Crippen molar-refractivity contribution in [3.63, 3.8) is 0 Å². The Morgan fingerprint density at radius 2 is 1.79 bits per heavy atom. The number of carboxylic acid groups (broad SMARTS) is 1. The predicted octanol–water partition coefficient (Wildman–Crippen LogP) is 3.76. The number of allylic oxidation sites excluding steroid dienone is 1. The molecule has 1 aromatic rings. The van der Waals surface area contributed by atoms with E-state index in [1.807, 2.05) is 42.5 Å². The van der Waals surface area contributed by atoms with E-state index in [0.717, 1.165) is 36.0 Å². The summed E-state index contributed by atoms with van der Waals surface area (Å²) in [6.07, 6.45) is 7.35. The molecule has 1 aliphatic carbocycles. The molecule has 2 N–H and O–H groups in total. The van der Waals surface area contributed by atoms with Crippen LogP contribution in [0.15, 0.2) is 47.6 Å². The zero-order valence-corrected chi connectivity index (χ0v) is 13.8. The van der Waals surface area contributed by atoms with Gasteiger partial charge in [-0.1, -0.05) is 55.3 Å². The number of hydrogen-bond donors (Lipinski definition) is 2. The zero-order chi connectivity index (χ0) is 17.4. The lowest BCUT2D eigenvalue weighted by Crippen LogP contribution is -2.04. The smallest absolute Gasteiger partial charge is 0.303 e. The van der Waals surface area contributed by atoms with Gasteiger partial charge in [-0.15, -0.1) is 0 Å². The first-order chi connectivity index (χ1) is 11.6. The number of benzene rings is 1. The first-order valence-electron chi connectivity index (χ1n) is 8.47. The SMILES string of the molecule is O=C(O)CCCCCCC1=C(/C=C/c2ccccc2)[C@H](O)CC1=O. The van der Waals surface area contributed by atoms with Crippen LogP contribution in [-0.4, -0.2) is 28.1 Å². The standard InChI is InChI=1S/C20H24O4/c21-18-14-19(22)17(13-12-15-8-4-3-5-9-15)16(18)10-6-1-2-7-11-20(23)24/h3-5,8-9,12-13,19,22H,1-2,6-7,10-11,14H2,(H,23,24)/b13-12+/t19-/m1/s1. The third-order valence-corrected chi connectivity index (χ3v) is 4.25. The van der Waals surface area contributed by atoms with Gasteiger partial charge in [0.25, 0.3) is 0 Å². The highest BCUT2D eigenvalue weighted by Gasteiger charge is 2.28. The van der Waals surface area contributed by atoms with Gasteiger partial charge in [0, 0.05) is 18.4 Å². The van der Waals surface area contributed by atoms with Gasteiger partial charge in [-0.2, -0.15) is 0 Å². The van der Waals surface area contributed by atoms with Crippen molar-refractivity contribution in [1.29, 1.82) is 0 Å². The van der Waals surface area contributed by atoms with Crippen LogP contribution >= 0.6 is 0 Å². The summed E-state index contributed by atoms with van der Waals surface area (Å²) in [5.74, 6) is -0.735. The molecule has 0 aliphatic heterocycles. The molecule has 0 amide bonds. The number of aliphatic carboxylic acids is 1. The molecule has 0 fully saturated rings. The Bertz CT molecular complexity index is 628. The zero-order valence-electron chi connectivity index (χ0n) is 13.8. The molecule has 4 heteroatoms. The molecule has 1 atom stereocenters. The topological polar surface area (TPSA) is 74.6 Å². The first-order valence-corrected chi connectivity index (χ1v) is 8.47. The van der Waals surface area contributed by atoms with Crippen LogP contribution in [0.3, 0.4) is 0 Å². The molecule has 0 saturated carbocycles. The molecule has 0 saturated heterocycles. The number of hydrogen-bond acceptors (Lipinski definition) is 3. The Kier molecular flexibility index (Phi) is 6.94. The molecule has 0 aromatic heterocycles. The fraction of sp³-hybridized carbons (Fsp3) is 0.400. The van der Waals surface area contributed by atoms with Crippen molar-refractivity contribution in [3.8, 4) is 0 Å². The minimum absolute atomic E-state index is 0.0285. The van der Waals surface area contributed by atoms with Crippen molar-refractivity contribution in [1.82, 2.24) is 0 Å². The molecular formula is C20H24O4. The lowest BCUT2D eigenvalue weighted by molar-refractivity contribution is -0.137. The van der Waals surface area contributed by atoms with Crippen molar-refractivity contribution in [2.75, 3.05) is 0 Å². The summed E-state index contributed by atoms with van der Waals surface area (Å²) in [5.41, 5.74) is 2.49. The maximum atomic E-state index is 12.1. The van der Waals surface area contributed by atoms with Crippen LogP contribution in [0, 0.1) is 0 Å². The van der Waals surface area contributed by atoms with E-state index in [2.05, 4.69) is 0 Å². The van der Waals surface area contributed by atoms with Gasteiger partial charge < -0.3 is 10.2 Å². The van der Waals surface area contributed by atoms with Crippen molar-refractivity contribution in [2.24, 2.45) is 0 Å². The summed E-state index contributed by atoms with van der Waals surface area (Å²) < 4.78 is 0. The van der Waals surface area contributed by atoms with E-state index in [-0.39, 0.29) is 18.6 Å². The lowest BCUT2D eigenvalue weighted by Gasteiger charge is -2.05. The highest BCUT2D eigenvalue weighted by atomic mass is 16.4. The number of aliphatic hydroxyl groups is 1. The third kappa shape index (κ3) is 5.46. The number of unbranched alkanes of at least 4 members (excludes halogenated alkanes) is 3. The first kappa shape index (κ1) is 18.1. The maximum absolute atomic E-state index is 12.1. The fourth-order valence-electron chi connectivity index (χ4n) is 2.95. The van der Waals surface area contributed by atoms with Crippen LogP contribution in [0.4, 0.5) is 0 Å². The molecule has 128 valence electrons. The number of ketones is 1. The van der Waals surface area contributed by atoms with Crippen LogP contribution in [0.2, 0.25) is 0 Å². The van der Waals surface area contributed by atoms with Crippen molar-refractivity contribution >= 4 is 17.8 Å². The largest absolute Gasteiger partial charge is 0.481 e. The monoisotopic (exact) mass is 328 g/mol. The summed E-state index contributed by atoms with van der Waals surface area (Å²) >= 11 is 0. The number of carbonyl (C=O) groups is 2. The van der Waals surface area contributed by atoms with Gasteiger partial charge in [-0.3, -0.25) is 9.59 Å². The molecule has 2 rings (SSSR count). The number of rotatable bonds is 9. The summed E-state index contributed by atoms with van der Waals surface area (Å²) in [7, 11) is 0. The number of carbonyl (C=O) groups excluding carboxylic acids is 1. The van der Waals surface area contributed by atoms with E-state index in [4.69, 9.17) is 5.11 Å². The Hall–Kier alpha value is -2.20. The van der Waals surface area contributed by atoms with Gasteiger partial charge in [0.2, 0.25) is 0 Å². The maximum Gasteiger partial charge on any atom is 0.303 e. The average molecular weight is 328 g/mol. The molecule has 1 aliphatic rings. The molecule has 0 spiro atoms. The quantitative estimate of drug-likeness (QED) is 0.677. The van der Waals surface area contributed by atoms with Gasteiger partial charge >= 0.3 is 5.97 Å². The molecule has 0 heterocycles. The Balaban J connectivity index is 1.93. The predicted molar refractivity (Wildman–Crippen MR) is 93.5 cm³/mol.